The van der Waals surface area contributed by atoms with Gasteiger partial charge >= 0.3 is 0 Å². The third-order valence-corrected chi connectivity index (χ3v) is 15.7. The average Bonchev–Trinajstić information content (AvgIpc) is 2.55. The lowest BCUT2D eigenvalue weighted by molar-refractivity contribution is 0.166. The normalized spacial score (nSPS) is 20.2. The van der Waals surface area contributed by atoms with Crippen molar-refractivity contribution in [3.05, 3.63) is 48.2 Å². The molecule has 25 heavy (non-hydrogen) atoms. The number of hydrogen-bond donors (Lipinski definition) is 0. The summed E-state index contributed by atoms with van der Waals surface area (Å²) in [5, 5.41) is 0.236. The molecule has 1 aromatic carbocycles. The van der Waals surface area contributed by atoms with Gasteiger partial charge in [-0.2, -0.15) is 0 Å². The summed E-state index contributed by atoms with van der Waals surface area (Å²) < 4.78 is 9.50. The van der Waals surface area contributed by atoms with Gasteiger partial charge in [0, 0.05) is 32.7 Å². The van der Waals surface area contributed by atoms with Crippen LogP contribution in [-0.2, 0) is 10.7 Å². The van der Waals surface area contributed by atoms with E-state index in [2.05, 4.69) is 92.5 Å². The summed E-state index contributed by atoms with van der Waals surface area (Å²) in [4.78, 5) is 2.55. The van der Waals surface area contributed by atoms with E-state index in [0.29, 0.717) is 0 Å². The third kappa shape index (κ3) is 5.14. The van der Waals surface area contributed by atoms with E-state index < -0.39 is 16.8 Å². The highest BCUT2D eigenvalue weighted by Gasteiger charge is 2.46. The molecule has 1 atom stereocenters. The largest absolute Gasteiger partial charge is 0.441 e. The summed E-state index contributed by atoms with van der Waals surface area (Å²) in [6.45, 7) is 23.6. The third-order valence-electron chi connectivity index (χ3n) is 5.90. The zero-order chi connectivity index (χ0) is 18.7. The van der Waals surface area contributed by atoms with E-state index in [-0.39, 0.29) is 5.04 Å². The van der Waals surface area contributed by atoms with Gasteiger partial charge in [0.05, 0.1) is 0 Å². The summed E-state index contributed by atoms with van der Waals surface area (Å²) in [6, 6.07) is 10.8. The maximum absolute atomic E-state index is 6.90. The van der Waals surface area contributed by atoms with Crippen LogP contribution in [0.3, 0.4) is 0 Å². The van der Waals surface area contributed by atoms with E-state index in [4.69, 9.17) is 4.12 Å². The number of rotatable bonds is 6. The standard InChI is InChI=1S/C20H36N2OSi2/c1-8-25(7,23-24(5,6)20(2,3)4)22-16-14-21(15-17-22)18-19-12-10-9-11-13-19/h8-13H,1,14-18H2,2-7H3. The van der Waals surface area contributed by atoms with E-state index in [9.17, 15) is 0 Å². The Hall–Kier alpha value is -0.726. The molecule has 0 amide bonds. The van der Waals surface area contributed by atoms with Crippen LogP contribution in [0.2, 0.25) is 24.7 Å². The Morgan fingerprint density at radius 3 is 2.08 bits per heavy atom. The van der Waals surface area contributed by atoms with Gasteiger partial charge in [-0.05, 0) is 30.2 Å². The Kier molecular flexibility index (Phi) is 6.49. The number of hydrogen-bond acceptors (Lipinski definition) is 3. The Morgan fingerprint density at radius 2 is 1.60 bits per heavy atom. The van der Waals surface area contributed by atoms with E-state index in [1.54, 1.807) is 0 Å². The number of benzene rings is 1. The lowest BCUT2D eigenvalue weighted by atomic mass is 10.2. The predicted molar refractivity (Wildman–Crippen MR) is 113 cm³/mol. The van der Waals surface area contributed by atoms with Gasteiger partial charge in [-0.3, -0.25) is 9.47 Å². The van der Waals surface area contributed by atoms with Crippen LogP contribution in [0.15, 0.2) is 42.6 Å². The van der Waals surface area contributed by atoms with Gasteiger partial charge in [0.25, 0.3) is 8.48 Å². The maximum atomic E-state index is 6.90. The van der Waals surface area contributed by atoms with Crippen molar-refractivity contribution in [2.24, 2.45) is 0 Å². The van der Waals surface area contributed by atoms with Gasteiger partial charge in [-0.1, -0.05) is 56.8 Å². The molecule has 1 aromatic rings. The fraction of sp³-hybridized carbons (Fsp3) is 0.600. The second kappa shape index (κ2) is 7.88. The minimum absolute atomic E-state index is 0.236. The molecule has 0 N–H and O–H groups in total. The molecule has 2 rings (SSSR count). The summed E-state index contributed by atoms with van der Waals surface area (Å²) in [6.07, 6.45) is 0. The van der Waals surface area contributed by atoms with Crippen molar-refractivity contribution in [2.45, 2.75) is 52.0 Å². The predicted octanol–water partition coefficient (Wildman–Crippen LogP) is 4.62. The van der Waals surface area contributed by atoms with Crippen molar-refractivity contribution >= 4 is 16.8 Å². The first-order valence-electron chi connectivity index (χ1n) is 9.42. The van der Waals surface area contributed by atoms with Gasteiger partial charge in [-0.25, -0.2) is 0 Å². The SMILES string of the molecule is C=C[Si](C)(O[Si](C)(C)C(C)(C)C)N1CCN(Cc2ccccc2)CC1. The second-order valence-corrected chi connectivity index (χ2v) is 17.4. The quantitative estimate of drug-likeness (QED) is 0.674. The first-order chi connectivity index (χ1) is 11.6. The molecular weight excluding hydrogens is 340 g/mol. The highest BCUT2D eigenvalue weighted by atomic mass is 28.4. The van der Waals surface area contributed by atoms with Crippen molar-refractivity contribution in [2.75, 3.05) is 26.2 Å². The molecule has 140 valence electrons. The van der Waals surface area contributed by atoms with Crippen molar-refractivity contribution in [1.82, 2.24) is 9.47 Å². The van der Waals surface area contributed by atoms with Crippen LogP contribution < -0.4 is 0 Å². The molecule has 5 heteroatoms. The molecule has 1 aliphatic rings. The van der Waals surface area contributed by atoms with Gasteiger partial charge in [0.1, 0.15) is 0 Å². The fourth-order valence-electron chi connectivity index (χ4n) is 3.10. The van der Waals surface area contributed by atoms with Gasteiger partial charge in [0.2, 0.25) is 0 Å². The number of piperazine rings is 1. The lowest BCUT2D eigenvalue weighted by Crippen LogP contribution is -2.63. The monoisotopic (exact) mass is 376 g/mol. The van der Waals surface area contributed by atoms with Crippen molar-refractivity contribution in [1.29, 1.82) is 0 Å². The van der Waals surface area contributed by atoms with Crippen LogP contribution >= 0.6 is 0 Å². The molecule has 1 fully saturated rings. The van der Waals surface area contributed by atoms with Crippen molar-refractivity contribution in [3.8, 4) is 0 Å². The molecule has 0 bridgehead atoms. The lowest BCUT2D eigenvalue weighted by Gasteiger charge is -2.48. The van der Waals surface area contributed by atoms with Crippen molar-refractivity contribution in [3.63, 3.8) is 0 Å². The Bertz CT molecular complexity index is 563. The van der Waals surface area contributed by atoms with E-state index in [1.807, 2.05) is 0 Å². The fourth-order valence-corrected chi connectivity index (χ4v) is 10.6. The van der Waals surface area contributed by atoms with Gasteiger partial charge in [0.15, 0.2) is 8.32 Å². The highest BCUT2D eigenvalue weighted by Crippen LogP contribution is 2.39. The molecular formula is C20H36N2OSi2. The first kappa shape index (κ1) is 20.6. The summed E-state index contributed by atoms with van der Waals surface area (Å²) in [5.74, 6) is 0. The maximum Gasteiger partial charge on any atom is 0.283 e. The van der Waals surface area contributed by atoms with Crippen LogP contribution in [0.25, 0.3) is 0 Å². The van der Waals surface area contributed by atoms with Crippen LogP contribution in [0.5, 0.6) is 0 Å². The molecule has 0 spiro atoms. The van der Waals surface area contributed by atoms with E-state index >= 15 is 0 Å². The summed E-state index contributed by atoms with van der Waals surface area (Å²) >= 11 is 0. The molecule has 1 saturated heterocycles. The Morgan fingerprint density at radius 1 is 1.04 bits per heavy atom. The molecule has 0 saturated carbocycles. The van der Waals surface area contributed by atoms with Gasteiger partial charge in [-0.15, -0.1) is 6.58 Å². The van der Waals surface area contributed by atoms with Crippen LogP contribution in [0.1, 0.15) is 26.3 Å². The highest BCUT2D eigenvalue weighted by molar-refractivity contribution is 6.87. The van der Waals surface area contributed by atoms with E-state index in [0.717, 1.165) is 32.7 Å². The number of nitrogens with zero attached hydrogens (tertiary/aromatic N) is 2. The van der Waals surface area contributed by atoms with Crippen LogP contribution in [0, 0.1) is 0 Å². The zero-order valence-corrected chi connectivity index (χ0v) is 19.0. The van der Waals surface area contributed by atoms with Gasteiger partial charge < -0.3 is 4.12 Å². The molecule has 0 aromatic heterocycles. The van der Waals surface area contributed by atoms with Crippen LogP contribution in [-0.4, -0.2) is 52.4 Å². The Labute approximate surface area is 157 Å². The summed E-state index contributed by atoms with van der Waals surface area (Å²) in [7, 11) is -3.85. The molecule has 0 aliphatic carbocycles. The van der Waals surface area contributed by atoms with E-state index in [1.165, 1.54) is 5.56 Å². The minimum Gasteiger partial charge on any atom is -0.441 e. The molecule has 1 aliphatic heterocycles. The minimum atomic E-state index is -2.06. The van der Waals surface area contributed by atoms with Crippen LogP contribution in [0.4, 0.5) is 0 Å². The average molecular weight is 377 g/mol. The second-order valence-electron chi connectivity index (χ2n) is 8.87. The Balaban J connectivity index is 1.98. The molecule has 3 nitrogen and oxygen atoms in total. The molecule has 1 heterocycles. The summed E-state index contributed by atoms with van der Waals surface area (Å²) in [5.41, 5.74) is 3.54. The first-order valence-corrected chi connectivity index (χ1v) is 14.8. The topological polar surface area (TPSA) is 15.7 Å². The smallest absolute Gasteiger partial charge is 0.283 e. The van der Waals surface area contributed by atoms with Crippen molar-refractivity contribution < 1.29 is 4.12 Å². The molecule has 1 unspecified atom stereocenters. The molecule has 0 radical (unpaired) electrons. The zero-order valence-electron chi connectivity index (χ0n) is 17.0.